The minimum atomic E-state index is -4.44. The van der Waals surface area contributed by atoms with Crippen LogP contribution in [0.5, 0.6) is 0 Å². The molecule has 0 bridgehead atoms. The fraction of sp³-hybridized carbons (Fsp3) is 0.438. The van der Waals surface area contributed by atoms with Crippen molar-refractivity contribution in [3.63, 3.8) is 0 Å². The molecule has 148 valence electrons. The number of alkyl halides is 3. The lowest BCUT2D eigenvalue weighted by Crippen LogP contribution is -2.34. The third-order valence-corrected chi connectivity index (χ3v) is 4.59. The minimum Gasteiger partial charge on any atom is -0.385 e. The first-order chi connectivity index (χ1) is 12.8. The Kier molecular flexibility index (Phi) is 7.93. The van der Waals surface area contributed by atoms with Crippen molar-refractivity contribution in [2.45, 2.75) is 24.3 Å². The molecule has 1 aromatic heterocycles. The second kappa shape index (κ2) is 9.95. The van der Waals surface area contributed by atoms with Crippen molar-refractivity contribution in [3.05, 3.63) is 29.3 Å². The molecule has 0 aliphatic carbocycles. The van der Waals surface area contributed by atoms with Crippen molar-refractivity contribution in [2.24, 2.45) is 0 Å². The number of carbonyl (C=O) groups is 1. The highest BCUT2D eigenvalue weighted by Gasteiger charge is 2.27. The Morgan fingerprint density at radius 3 is 2.63 bits per heavy atom. The lowest BCUT2D eigenvalue weighted by molar-refractivity contribution is -0.136. The zero-order valence-electron chi connectivity index (χ0n) is 14.4. The number of thioether (sulfide) groups is 1. The van der Waals surface area contributed by atoms with E-state index < -0.39 is 18.6 Å². The van der Waals surface area contributed by atoms with Crippen LogP contribution in [0.25, 0.3) is 11.4 Å². The summed E-state index contributed by atoms with van der Waals surface area (Å²) in [7, 11) is 1.59. The van der Waals surface area contributed by atoms with Gasteiger partial charge in [-0.15, -0.1) is 10.2 Å². The number of ether oxygens (including phenoxy) is 1. The summed E-state index contributed by atoms with van der Waals surface area (Å²) in [5.41, 5.74) is 0.790. The average Bonchev–Trinajstić information content (AvgIpc) is 3.01. The molecule has 0 fully saturated rings. The molecule has 1 heterocycles. The van der Waals surface area contributed by atoms with Gasteiger partial charge in [-0.3, -0.25) is 4.79 Å². The Morgan fingerprint density at radius 1 is 1.30 bits per heavy atom. The molecule has 0 aliphatic rings. The minimum absolute atomic E-state index is 0.195. The van der Waals surface area contributed by atoms with Gasteiger partial charge >= 0.3 is 6.18 Å². The first kappa shape index (κ1) is 21.5. The Balaban J connectivity index is 2.10. The van der Waals surface area contributed by atoms with Gasteiger partial charge in [-0.2, -0.15) is 13.2 Å². The van der Waals surface area contributed by atoms with Crippen LogP contribution in [-0.4, -0.2) is 52.9 Å². The number of carbonyl (C=O) groups excluding carboxylic acids is 1. The van der Waals surface area contributed by atoms with Crippen LogP contribution in [-0.2, 0) is 16.1 Å². The molecule has 0 spiro atoms. The third kappa shape index (κ3) is 7.04. The SMILES string of the molecule is COCCCn1c(SCC(=O)NCC(F)(F)F)nnc1-c1ccc(Cl)cc1. The normalized spacial score (nSPS) is 11.6. The van der Waals surface area contributed by atoms with Gasteiger partial charge in [0.15, 0.2) is 11.0 Å². The molecule has 2 rings (SSSR count). The Bertz CT molecular complexity index is 753. The summed E-state index contributed by atoms with van der Waals surface area (Å²) in [5.74, 6) is -0.336. The van der Waals surface area contributed by atoms with Crippen LogP contribution in [0.2, 0.25) is 5.02 Å². The number of hydrogen-bond donors (Lipinski definition) is 1. The summed E-state index contributed by atoms with van der Waals surface area (Å²) in [4.78, 5) is 11.6. The molecule has 11 heteroatoms. The highest BCUT2D eigenvalue weighted by molar-refractivity contribution is 7.99. The van der Waals surface area contributed by atoms with Crippen molar-refractivity contribution in [3.8, 4) is 11.4 Å². The molecule has 1 N–H and O–H groups in total. The topological polar surface area (TPSA) is 69.0 Å². The molecule has 1 aromatic carbocycles. The van der Waals surface area contributed by atoms with E-state index in [1.807, 2.05) is 9.88 Å². The predicted molar refractivity (Wildman–Crippen MR) is 96.7 cm³/mol. The fourth-order valence-corrected chi connectivity index (χ4v) is 3.08. The van der Waals surface area contributed by atoms with Crippen molar-refractivity contribution in [2.75, 3.05) is 26.0 Å². The smallest absolute Gasteiger partial charge is 0.385 e. The van der Waals surface area contributed by atoms with Gasteiger partial charge in [-0.05, 0) is 30.7 Å². The molecular formula is C16H18ClF3N4O2S. The predicted octanol–water partition coefficient (Wildman–Crippen LogP) is 3.41. The lowest BCUT2D eigenvalue weighted by atomic mass is 10.2. The molecule has 2 aromatic rings. The molecule has 0 unspecified atom stereocenters. The number of aromatic nitrogens is 3. The van der Waals surface area contributed by atoms with Crippen LogP contribution in [0.3, 0.4) is 0 Å². The Morgan fingerprint density at radius 2 is 2.00 bits per heavy atom. The quantitative estimate of drug-likeness (QED) is 0.495. The molecule has 0 saturated carbocycles. The maximum absolute atomic E-state index is 12.2. The van der Waals surface area contributed by atoms with Crippen molar-refractivity contribution in [1.29, 1.82) is 0 Å². The monoisotopic (exact) mass is 422 g/mol. The number of rotatable bonds is 9. The number of amides is 1. The van der Waals surface area contributed by atoms with Gasteiger partial charge in [0, 0.05) is 30.8 Å². The molecule has 0 atom stereocenters. The molecule has 0 aliphatic heterocycles. The average molecular weight is 423 g/mol. The zero-order valence-corrected chi connectivity index (χ0v) is 16.0. The van der Waals surface area contributed by atoms with E-state index in [1.54, 1.807) is 31.4 Å². The summed E-state index contributed by atoms with van der Waals surface area (Å²) < 4.78 is 43.4. The Labute approximate surface area is 163 Å². The van der Waals surface area contributed by atoms with Gasteiger partial charge in [0.25, 0.3) is 0 Å². The summed E-state index contributed by atoms with van der Waals surface area (Å²) in [6, 6.07) is 7.04. The number of nitrogens with one attached hydrogen (secondary N) is 1. The lowest BCUT2D eigenvalue weighted by Gasteiger charge is -2.11. The molecule has 27 heavy (non-hydrogen) atoms. The van der Waals surface area contributed by atoms with E-state index >= 15 is 0 Å². The molecule has 6 nitrogen and oxygen atoms in total. The van der Waals surface area contributed by atoms with Gasteiger partial charge in [-0.1, -0.05) is 23.4 Å². The number of halogens is 4. The van der Waals surface area contributed by atoms with Crippen molar-refractivity contribution >= 4 is 29.3 Å². The van der Waals surface area contributed by atoms with Crippen LogP contribution in [0.15, 0.2) is 29.4 Å². The van der Waals surface area contributed by atoms with Crippen LogP contribution in [0.4, 0.5) is 13.2 Å². The summed E-state index contributed by atoms with van der Waals surface area (Å²) in [6.07, 6.45) is -3.76. The van der Waals surface area contributed by atoms with E-state index in [2.05, 4.69) is 10.2 Å². The molecule has 1 amide bonds. The van der Waals surface area contributed by atoms with Gasteiger partial charge < -0.3 is 14.6 Å². The zero-order chi connectivity index (χ0) is 19.9. The third-order valence-electron chi connectivity index (χ3n) is 3.37. The Hall–Kier alpha value is -1.78. The number of methoxy groups -OCH3 is 1. The van der Waals surface area contributed by atoms with E-state index in [9.17, 15) is 18.0 Å². The summed E-state index contributed by atoms with van der Waals surface area (Å²) in [5, 5.41) is 11.1. The van der Waals surface area contributed by atoms with Crippen LogP contribution >= 0.6 is 23.4 Å². The fourth-order valence-electron chi connectivity index (χ4n) is 2.16. The van der Waals surface area contributed by atoms with Crippen LogP contribution < -0.4 is 5.32 Å². The van der Waals surface area contributed by atoms with E-state index in [4.69, 9.17) is 16.3 Å². The van der Waals surface area contributed by atoms with Crippen LogP contribution in [0, 0.1) is 0 Å². The van der Waals surface area contributed by atoms with Gasteiger partial charge in [0.05, 0.1) is 5.75 Å². The second-order valence-electron chi connectivity index (χ2n) is 5.49. The summed E-state index contributed by atoms with van der Waals surface area (Å²) in [6.45, 7) is -0.303. The van der Waals surface area contributed by atoms with E-state index in [1.165, 1.54) is 0 Å². The maximum Gasteiger partial charge on any atom is 0.405 e. The van der Waals surface area contributed by atoms with E-state index in [0.29, 0.717) is 35.6 Å². The molecule has 0 saturated heterocycles. The highest BCUT2D eigenvalue weighted by atomic mass is 35.5. The largest absolute Gasteiger partial charge is 0.405 e. The van der Waals surface area contributed by atoms with Gasteiger partial charge in [-0.25, -0.2) is 0 Å². The van der Waals surface area contributed by atoms with Crippen molar-refractivity contribution in [1.82, 2.24) is 20.1 Å². The standard InChI is InChI=1S/C16H18ClF3N4O2S/c1-26-8-2-7-24-14(11-3-5-12(17)6-4-11)22-23-15(24)27-9-13(25)21-10-16(18,19)20/h3-6H,2,7-10H2,1H3,(H,21,25). The highest BCUT2D eigenvalue weighted by Crippen LogP contribution is 2.25. The van der Waals surface area contributed by atoms with Gasteiger partial charge in [0.2, 0.25) is 5.91 Å². The number of nitrogens with zero attached hydrogens (tertiary/aromatic N) is 3. The first-order valence-corrected chi connectivity index (χ1v) is 9.31. The van der Waals surface area contributed by atoms with Gasteiger partial charge in [0.1, 0.15) is 6.54 Å². The van der Waals surface area contributed by atoms with E-state index in [-0.39, 0.29) is 5.75 Å². The summed E-state index contributed by atoms with van der Waals surface area (Å²) >= 11 is 6.93. The van der Waals surface area contributed by atoms with Crippen LogP contribution in [0.1, 0.15) is 6.42 Å². The molecule has 0 radical (unpaired) electrons. The van der Waals surface area contributed by atoms with E-state index in [0.717, 1.165) is 17.3 Å². The number of hydrogen-bond acceptors (Lipinski definition) is 5. The van der Waals surface area contributed by atoms with Crippen molar-refractivity contribution < 1.29 is 22.7 Å². The molecular weight excluding hydrogens is 405 g/mol. The first-order valence-electron chi connectivity index (χ1n) is 7.94. The number of benzene rings is 1. The second-order valence-corrected chi connectivity index (χ2v) is 6.87. The maximum atomic E-state index is 12.2.